The first-order chi connectivity index (χ1) is 9.70. The van der Waals surface area contributed by atoms with E-state index in [4.69, 9.17) is 5.73 Å². The lowest BCUT2D eigenvalue weighted by Crippen LogP contribution is -2.48. The van der Waals surface area contributed by atoms with Gasteiger partial charge in [0.2, 0.25) is 5.91 Å². The molecule has 2 unspecified atom stereocenters. The van der Waals surface area contributed by atoms with Gasteiger partial charge in [-0.2, -0.15) is 0 Å². The van der Waals surface area contributed by atoms with E-state index in [1.54, 1.807) is 0 Å². The van der Waals surface area contributed by atoms with Crippen LogP contribution in [0.1, 0.15) is 31.2 Å². The van der Waals surface area contributed by atoms with Gasteiger partial charge in [0.1, 0.15) is 0 Å². The number of nitrogens with one attached hydrogen (secondary N) is 1. The van der Waals surface area contributed by atoms with Crippen LogP contribution in [0, 0.1) is 5.92 Å². The van der Waals surface area contributed by atoms with Gasteiger partial charge < -0.3 is 16.2 Å². The smallest absolute Gasteiger partial charge is 0.224 e. The standard InChI is InChI=1S/C16H24N2O2/c17-15-9-5-4-8-14(15)16(20)18-13(11-19)10-12-6-2-1-3-7-12/h1-3,6-7,13-15,19H,4-5,8-11,17H2,(H,18,20)/t13-,14?,15?/m0/s1. The Labute approximate surface area is 120 Å². The van der Waals surface area contributed by atoms with Crippen LogP contribution in [0.15, 0.2) is 30.3 Å². The molecule has 110 valence electrons. The van der Waals surface area contributed by atoms with Crippen molar-refractivity contribution >= 4 is 5.91 Å². The minimum absolute atomic E-state index is 0.00724. The third kappa shape index (κ3) is 4.05. The molecule has 2 rings (SSSR count). The van der Waals surface area contributed by atoms with Crippen molar-refractivity contribution in [2.45, 2.75) is 44.2 Å². The van der Waals surface area contributed by atoms with Gasteiger partial charge in [-0.1, -0.05) is 43.2 Å². The molecule has 4 N–H and O–H groups in total. The zero-order valence-electron chi connectivity index (χ0n) is 11.8. The van der Waals surface area contributed by atoms with E-state index in [0.29, 0.717) is 6.42 Å². The molecule has 0 bridgehead atoms. The normalized spacial score (nSPS) is 24.1. The van der Waals surface area contributed by atoms with Crippen molar-refractivity contribution in [3.8, 4) is 0 Å². The Morgan fingerprint density at radius 1 is 1.30 bits per heavy atom. The second-order valence-electron chi connectivity index (χ2n) is 5.63. The summed E-state index contributed by atoms with van der Waals surface area (Å²) in [6, 6.07) is 9.60. The number of aliphatic hydroxyl groups is 1. The first-order valence-corrected chi connectivity index (χ1v) is 7.41. The molecule has 4 heteroatoms. The van der Waals surface area contributed by atoms with Gasteiger partial charge in [-0.15, -0.1) is 0 Å². The maximum Gasteiger partial charge on any atom is 0.224 e. The fraction of sp³-hybridized carbons (Fsp3) is 0.562. The zero-order chi connectivity index (χ0) is 14.4. The van der Waals surface area contributed by atoms with Crippen molar-refractivity contribution < 1.29 is 9.90 Å². The Morgan fingerprint density at radius 3 is 2.65 bits per heavy atom. The van der Waals surface area contributed by atoms with Crippen molar-refractivity contribution in [2.75, 3.05) is 6.61 Å². The van der Waals surface area contributed by atoms with Gasteiger partial charge in [0.25, 0.3) is 0 Å². The molecule has 1 aliphatic carbocycles. The molecule has 3 atom stereocenters. The number of benzene rings is 1. The van der Waals surface area contributed by atoms with Gasteiger partial charge >= 0.3 is 0 Å². The SMILES string of the molecule is NC1CCCCC1C(=O)N[C@H](CO)Cc1ccccc1. The van der Waals surface area contributed by atoms with Crippen LogP contribution in [0.25, 0.3) is 0 Å². The summed E-state index contributed by atoms with van der Waals surface area (Å²) < 4.78 is 0. The monoisotopic (exact) mass is 276 g/mol. The molecule has 1 saturated carbocycles. The minimum atomic E-state index is -0.237. The van der Waals surface area contributed by atoms with Crippen LogP contribution in [0.5, 0.6) is 0 Å². The second kappa shape index (κ2) is 7.41. The van der Waals surface area contributed by atoms with E-state index in [1.165, 1.54) is 0 Å². The van der Waals surface area contributed by atoms with E-state index < -0.39 is 0 Å². The lowest BCUT2D eigenvalue weighted by atomic mass is 9.84. The highest BCUT2D eigenvalue weighted by Crippen LogP contribution is 2.23. The van der Waals surface area contributed by atoms with Crippen LogP contribution in [0.3, 0.4) is 0 Å². The first-order valence-electron chi connectivity index (χ1n) is 7.41. The highest BCUT2D eigenvalue weighted by molar-refractivity contribution is 5.79. The Morgan fingerprint density at radius 2 is 2.00 bits per heavy atom. The number of rotatable bonds is 5. The molecule has 20 heavy (non-hydrogen) atoms. The summed E-state index contributed by atoms with van der Waals surface area (Å²) in [7, 11) is 0. The van der Waals surface area contributed by atoms with Gasteiger partial charge in [-0.05, 0) is 24.8 Å². The summed E-state index contributed by atoms with van der Waals surface area (Å²) in [5, 5.41) is 12.4. The number of amides is 1. The summed E-state index contributed by atoms with van der Waals surface area (Å²) in [4.78, 5) is 12.3. The molecule has 4 nitrogen and oxygen atoms in total. The molecule has 1 aromatic carbocycles. The highest BCUT2D eigenvalue weighted by Gasteiger charge is 2.29. The number of aliphatic hydroxyl groups excluding tert-OH is 1. The number of nitrogens with two attached hydrogens (primary N) is 1. The third-order valence-corrected chi connectivity index (χ3v) is 4.05. The molecule has 0 heterocycles. The van der Waals surface area contributed by atoms with Crippen LogP contribution in [0.2, 0.25) is 0 Å². The largest absolute Gasteiger partial charge is 0.394 e. The van der Waals surface area contributed by atoms with Gasteiger partial charge in [0, 0.05) is 6.04 Å². The Balaban J connectivity index is 1.90. The molecule has 0 spiro atoms. The summed E-state index contributed by atoms with van der Waals surface area (Å²) in [5.41, 5.74) is 7.14. The predicted octanol–water partition coefficient (Wildman–Crippen LogP) is 1.22. The first kappa shape index (κ1) is 15.0. The van der Waals surface area contributed by atoms with Crippen LogP contribution in [-0.2, 0) is 11.2 Å². The maximum atomic E-state index is 12.3. The van der Waals surface area contributed by atoms with Crippen LogP contribution < -0.4 is 11.1 Å². The number of hydrogen-bond acceptors (Lipinski definition) is 3. The van der Waals surface area contributed by atoms with Gasteiger partial charge in [0.15, 0.2) is 0 Å². The highest BCUT2D eigenvalue weighted by atomic mass is 16.3. The Bertz CT molecular complexity index is 422. The van der Waals surface area contributed by atoms with Crippen molar-refractivity contribution in [3.63, 3.8) is 0 Å². The van der Waals surface area contributed by atoms with Crippen molar-refractivity contribution in [1.82, 2.24) is 5.32 Å². The Kier molecular flexibility index (Phi) is 5.56. The third-order valence-electron chi connectivity index (χ3n) is 4.05. The summed E-state index contributed by atoms with van der Waals surface area (Å²) in [6.45, 7) is -0.0530. The lowest BCUT2D eigenvalue weighted by Gasteiger charge is -2.29. The minimum Gasteiger partial charge on any atom is -0.394 e. The summed E-state index contributed by atoms with van der Waals surface area (Å²) >= 11 is 0. The molecular formula is C16H24N2O2. The molecule has 0 aliphatic heterocycles. The van der Waals surface area contributed by atoms with E-state index in [-0.39, 0.29) is 30.5 Å². The van der Waals surface area contributed by atoms with E-state index in [2.05, 4.69) is 5.32 Å². The van der Waals surface area contributed by atoms with Crippen molar-refractivity contribution in [3.05, 3.63) is 35.9 Å². The van der Waals surface area contributed by atoms with E-state index in [9.17, 15) is 9.90 Å². The van der Waals surface area contributed by atoms with Crippen LogP contribution in [-0.4, -0.2) is 29.7 Å². The fourth-order valence-electron chi connectivity index (χ4n) is 2.85. The average Bonchev–Trinajstić information content (AvgIpc) is 2.48. The molecule has 1 amide bonds. The lowest BCUT2D eigenvalue weighted by molar-refractivity contribution is -0.127. The number of carbonyl (C=O) groups excluding carboxylic acids is 1. The molecule has 1 fully saturated rings. The molecule has 0 saturated heterocycles. The van der Waals surface area contributed by atoms with Crippen molar-refractivity contribution in [1.29, 1.82) is 0 Å². The number of carbonyl (C=O) groups is 1. The van der Waals surface area contributed by atoms with Gasteiger partial charge in [-0.3, -0.25) is 4.79 Å². The fourth-order valence-corrected chi connectivity index (χ4v) is 2.85. The zero-order valence-corrected chi connectivity index (χ0v) is 11.8. The molecule has 1 aliphatic rings. The summed E-state index contributed by atoms with van der Waals surface area (Å²) in [6.07, 6.45) is 4.59. The maximum absolute atomic E-state index is 12.3. The Hall–Kier alpha value is -1.39. The van der Waals surface area contributed by atoms with Gasteiger partial charge in [-0.25, -0.2) is 0 Å². The molecular weight excluding hydrogens is 252 g/mol. The average molecular weight is 276 g/mol. The van der Waals surface area contributed by atoms with Crippen LogP contribution >= 0.6 is 0 Å². The molecule has 0 aromatic heterocycles. The van der Waals surface area contributed by atoms with E-state index in [0.717, 1.165) is 31.2 Å². The molecule has 1 aromatic rings. The predicted molar refractivity (Wildman–Crippen MR) is 79.1 cm³/mol. The van der Waals surface area contributed by atoms with Gasteiger partial charge in [0.05, 0.1) is 18.6 Å². The van der Waals surface area contributed by atoms with Crippen LogP contribution in [0.4, 0.5) is 0 Å². The van der Waals surface area contributed by atoms with E-state index in [1.807, 2.05) is 30.3 Å². The molecule has 0 radical (unpaired) electrons. The quantitative estimate of drug-likeness (QED) is 0.757. The summed E-state index contributed by atoms with van der Waals surface area (Å²) in [5.74, 6) is -0.110. The topological polar surface area (TPSA) is 75.4 Å². The number of hydrogen-bond donors (Lipinski definition) is 3. The van der Waals surface area contributed by atoms with E-state index >= 15 is 0 Å². The van der Waals surface area contributed by atoms with Crippen molar-refractivity contribution in [2.24, 2.45) is 11.7 Å². The second-order valence-corrected chi connectivity index (χ2v) is 5.63.